The molecule has 0 bridgehead atoms. The number of hydrogen-bond donors (Lipinski definition) is 1. The third-order valence-corrected chi connectivity index (χ3v) is 2.93. The van der Waals surface area contributed by atoms with Gasteiger partial charge in [-0.05, 0) is 20.3 Å². The van der Waals surface area contributed by atoms with Crippen LogP contribution in [0.2, 0.25) is 0 Å². The van der Waals surface area contributed by atoms with Crippen LogP contribution < -0.4 is 5.32 Å². The summed E-state index contributed by atoms with van der Waals surface area (Å²) >= 11 is 0. The van der Waals surface area contributed by atoms with Crippen LogP contribution >= 0.6 is 0 Å². The first-order chi connectivity index (χ1) is 9.17. The molecule has 7 heteroatoms. The van der Waals surface area contributed by atoms with Gasteiger partial charge in [0.15, 0.2) is 12.1 Å². The van der Waals surface area contributed by atoms with Crippen LogP contribution in [0.5, 0.6) is 0 Å². The van der Waals surface area contributed by atoms with E-state index in [1.54, 1.807) is 11.6 Å². The molecule has 2 aromatic rings. The maximum absolute atomic E-state index is 12.1. The Morgan fingerprint density at radius 3 is 2.84 bits per heavy atom. The molecule has 19 heavy (non-hydrogen) atoms. The molecule has 0 saturated heterocycles. The number of carbonyl (C=O) groups is 1. The zero-order valence-electron chi connectivity index (χ0n) is 11.3. The van der Waals surface area contributed by atoms with Gasteiger partial charge in [0, 0.05) is 6.54 Å². The van der Waals surface area contributed by atoms with Gasteiger partial charge in [-0.2, -0.15) is 5.10 Å². The highest BCUT2D eigenvalue weighted by atomic mass is 16.3. The summed E-state index contributed by atoms with van der Waals surface area (Å²) in [7, 11) is 0. The fourth-order valence-electron chi connectivity index (χ4n) is 1.89. The van der Waals surface area contributed by atoms with Gasteiger partial charge in [0.05, 0.1) is 6.04 Å². The van der Waals surface area contributed by atoms with Crippen LogP contribution in [0.1, 0.15) is 48.4 Å². The van der Waals surface area contributed by atoms with Gasteiger partial charge in [-0.1, -0.05) is 6.92 Å². The molecule has 102 valence electrons. The maximum atomic E-state index is 12.1. The fraction of sp³-hybridized carbons (Fsp3) is 0.500. The van der Waals surface area contributed by atoms with Crippen molar-refractivity contribution in [3.8, 4) is 0 Å². The summed E-state index contributed by atoms with van der Waals surface area (Å²) in [6.07, 6.45) is 3.48. The lowest BCUT2D eigenvalue weighted by Gasteiger charge is -2.16. The molecule has 2 heterocycles. The van der Waals surface area contributed by atoms with E-state index in [0.29, 0.717) is 18.0 Å². The molecule has 2 rings (SSSR count). The second-order valence-corrected chi connectivity index (χ2v) is 4.13. The average molecular weight is 263 g/mol. The molecule has 0 unspecified atom stereocenters. The van der Waals surface area contributed by atoms with Crippen molar-refractivity contribution in [3.63, 3.8) is 0 Å². The number of nitrogens with zero attached hydrogens (tertiary/aromatic N) is 4. The minimum Gasteiger partial charge on any atom is -0.448 e. The Bertz CT molecular complexity index is 560. The molecule has 0 aromatic carbocycles. The molecule has 1 amide bonds. The second-order valence-electron chi connectivity index (χ2n) is 4.13. The van der Waals surface area contributed by atoms with Gasteiger partial charge in [-0.3, -0.25) is 4.79 Å². The minimum absolute atomic E-state index is 0.189. The number of hydrogen-bond acceptors (Lipinski definition) is 5. The molecule has 7 nitrogen and oxygen atoms in total. The molecule has 0 fully saturated rings. The number of nitrogens with one attached hydrogen (secondary N) is 1. The SMILES string of the molecule is CC[C@H](NC(=O)c1ncoc1C)c1ncnn1CC. The van der Waals surface area contributed by atoms with Crippen molar-refractivity contribution in [2.24, 2.45) is 0 Å². The summed E-state index contributed by atoms with van der Waals surface area (Å²) in [5.41, 5.74) is 0.306. The quantitative estimate of drug-likeness (QED) is 0.883. The zero-order chi connectivity index (χ0) is 13.8. The fourth-order valence-corrected chi connectivity index (χ4v) is 1.89. The van der Waals surface area contributed by atoms with Crippen molar-refractivity contribution in [2.75, 3.05) is 0 Å². The lowest BCUT2D eigenvalue weighted by molar-refractivity contribution is 0.0926. The first-order valence-corrected chi connectivity index (χ1v) is 6.26. The molecule has 2 aromatic heterocycles. The number of aromatic nitrogens is 4. The number of aryl methyl sites for hydroxylation is 2. The topological polar surface area (TPSA) is 85.8 Å². The summed E-state index contributed by atoms with van der Waals surface area (Å²) in [5.74, 6) is 0.993. The standard InChI is InChI=1S/C12H17N5O2/c1-4-9(11-13-6-15-17(11)5-2)16-12(18)10-8(3)19-7-14-10/h6-7,9H,4-5H2,1-3H3,(H,16,18)/t9-/m0/s1. The van der Waals surface area contributed by atoms with Gasteiger partial charge in [0.25, 0.3) is 5.91 Å². The Labute approximate surface area is 111 Å². The number of rotatable bonds is 5. The Kier molecular flexibility index (Phi) is 3.94. The van der Waals surface area contributed by atoms with Crippen LogP contribution in [0.4, 0.5) is 0 Å². The first-order valence-electron chi connectivity index (χ1n) is 6.26. The van der Waals surface area contributed by atoms with Crippen LogP contribution in [0.25, 0.3) is 0 Å². The third kappa shape index (κ3) is 2.64. The Morgan fingerprint density at radius 2 is 2.26 bits per heavy atom. The smallest absolute Gasteiger partial charge is 0.274 e. The van der Waals surface area contributed by atoms with Crippen LogP contribution in [0, 0.1) is 6.92 Å². The van der Waals surface area contributed by atoms with Crippen molar-refractivity contribution in [1.82, 2.24) is 25.1 Å². The largest absolute Gasteiger partial charge is 0.448 e. The van der Waals surface area contributed by atoms with Crippen LogP contribution in [-0.2, 0) is 6.54 Å². The van der Waals surface area contributed by atoms with Crippen molar-refractivity contribution in [3.05, 3.63) is 30.0 Å². The van der Waals surface area contributed by atoms with Crippen molar-refractivity contribution >= 4 is 5.91 Å². The van der Waals surface area contributed by atoms with E-state index in [-0.39, 0.29) is 11.9 Å². The monoisotopic (exact) mass is 263 g/mol. The van der Waals surface area contributed by atoms with Crippen LogP contribution in [0.15, 0.2) is 17.1 Å². The predicted octanol–water partition coefficient (Wildman–Crippen LogP) is 1.48. The van der Waals surface area contributed by atoms with Crippen molar-refractivity contribution < 1.29 is 9.21 Å². The van der Waals surface area contributed by atoms with Crippen molar-refractivity contribution in [2.45, 2.75) is 39.8 Å². The highest BCUT2D eigenvalue weighted by molar-refractivity contribution is 5.93. The highest BCUT2D eigenvalue weighted by Crippen LogP contribution is 2.15. The molecule has 0 radical (unpaired) electrons. The van der Waals surface area contributed by atoms with E-state index in [4.69, 9.17) is 4.42 Å². The maximum Gasteiger partial charge on any atom is 0.274 e. The summed E-state index contributed by atoms with van der Waals surface area (Å²) in [6.45, 7) is 6.38. The first kappa shape index (κ1) is 13.3. The molecule has 0 aliphatic rings. The van der Waals surface area contributed by atoms with Gasteiger partial charge >= 0.3 is 0 Å². The zero-order valence-corrected chi connectivity index (χ0v) is 11.3. The van der Waals surface area contributed by atoms with Gasteiger partial charge in [0.2, 0.25) is 0 Å². The molecule has 0 saturated carbocycles. The van der Waals surface area contributed by atoms with Crippen molar-refractivity contribution in [1.29, 1.82) is 0 Å². The molecule has 0 aliphatic carbocycles. The normalized spacial score (nSPS) is 12.4. The molecule has 1 atom stereocenters. The summed E-state index contributed by atoms with van der Waals surface area (Å²) in [5, 5.41) is 7.01. The van der Waals surface area contributed by atoms with E-state index >= 15 is 0 Å². The van der Waals surface area contributed by atoms with Gasteiger partial charge < -0.3 is 9.73 Å². The molecule has 0 aliphatic heterocycles. The van der Waals surface area contributed by atoms with Crippen LogP contribution in [-0.4, -0.2) is 25.7 Å². The lowest BCUT2D eigenvalue weighted by Crippen LogP contribution is -2.31. The van der Waals surface area contributed by atoms with Crippen LogP contribution in [0.3, 0.4) is 0 Å². The molecule has 0 spiro atoms. The average Bonchev–Trinajstić information content (AvgIpc) is 3.03. The Balaban J connectivity index is 2.16. The van der Waals surface area contributed by atoms with E-state index in [1.807, 2.05) is 13.8 Å². The minimum atomic E-state index is -0.260. The molecular formula is C12H17N5O2. The predicted molar refractivity (Wildman–Crippen MR) is 67.4 cm³/mol. The van der Waals surface area contributed by atoms with Gasteiger partial charge in [0.1, 0.15) is 17.9 Å². The summed E-state index contributed by atoms with van der Waals surface area (Å²) < 4.78 is 6.80. The second kappa shape index (κ2) is 5.64. The van der Waals surface area contributed by atoms with E-state index < -0.39 is 0 Å². The Morgan fingerprint density at radius 1 is 1.47 bits per heavy atom. The van der Waals surface area contributed by atoms with E-state index in [1.165, 1.54) is 12.7 Å². The number of carbonyl (C=O) groups excluding carboxylic acids is 1. The lowest BCUT2D eigenvalue weighted by atomic mass is 10.2. The highest BCUT2D eigenvalue weighted by Gasteiger charge is 2.21. The number of oxazole rings is 1. The summed E-state index contributed by atoms with van der Waals surface area (Å²) in [4.78, 5) is 20.2. The summed E-state index contributed by atoms with van der Waals surface area (Å²) in [6, 6.07) is -0.189. The third-order valence-electron chi connectivity index (χ3n) is 2.93. The van der Waals surface area contributed by atoms with E-state index in [0.717, 1.165) is 12.2 Å². The van der Waals surface area contributed by atoms with Gasteiger partial charge in [-0.15, -0.1) is 0 Å². The number of amides is 1. The van der Waals surface area contributed by atoms with E-state index in [2.05, 4.69) is 20.4 Å². The molecule has 1 N–H and O–H groups in total. The van der Waals surface area contributed by atoms with Gasteiger partial charge in [-0.25, -0.2) is 14.6 Å². The van der Waals surface area contributed by atoms with E-state index in [9.17, 15) is 4.79 Å². The Hall–Kier alpha value is -2.18. The molecular weight excluding hydrogens is 246 g/mol.